The van der Waals surface area contributed by atoms with E-state index in [0.717, 1.165) is 12.0 Å². The van der Waals surface area contributed by atoms with Crippen LogP contribution in [0.2, 0.25) is 0 Å². The van der Waals surface area contributed by atoms with Gasteiger partial charge < -0.3 is 10.1 Å². The van der Waals surface area contributed by atoms with Crippen LogP contribution in [-0.2, 0) is 21.2 Å². The zero-order valence-corrected chi connectivity index (χ0v) is 16.2. The maximum absolute atomic E-state index is 12.7. The second-order valence-corrected chi connectivity index (χ2v) is 7.70. The lowest BCUT2D eigenvalue weighted by Crippen LogP contribution is -2.27. The normalized spacial score (nSPS) is 12.5. The van der Waals surface area contributed by atoms with Crippen LogP contribution in [0.4, 0.5) is 5.69 Å². The molecule has 1 amide bonds. The van der Waals surface area contributed by atoms with Crippen LogP contribution < -0.4 is 14.8 Å². The van der Waals surface area contributed by atoms with Crippen molar-refractivity contribution >= 4 is 21.6 Å². The number of carbonyl (C=O) groups excluding carboxylic acids is 1. The van der Waals surface area contributed by atoms with E-state index in [9.17, 15) is 13.2 Å². The molecule has 0 aliphatic carbocycles. The van der Waals surface area contributed by atoms with Crippen molar-refractivity contribution in [3.8, 4) is 5.75 Å². The fourth-order valence-corrected chi connectivity index (χ4v) is 3.81. The second kappa shape index (κ2) is 8.33. The number of aryl methyl sites for hydroxylation is 1. The largest absolute Gasteiger partial charge is 0.495 e. The molecule has 0 bridgehead atoms. The predicted molar refractivity (Wildman–Crippen MR) is 102 cm³/mol. The Bertz CT molecular complexity index is 877. The molecule has 0 unspecified atom stereocenters. The van der Waals surface area contributed by atoms with Crippen molar-refractivity contribution in [2.45, 2.75) is 38.1 Å². The average Bonchev–Trinajstić information content (AvgIpc) is 2.60. The van der Waals surface area contributed by atoms with E-state index in [2.05, 4.69) is 17.0 Å². The van der Waals surface area contributed by atoms with Crippen LogP contribution in [0.25, 0.3) is 0 Å². The fraction of sp³-hybridized carbons (Fsp3) is 0.316. The molecule has 0 aromatic heterocycles. The first kappa shape index (κ1) is 19.9. The van der Waals surface area contributed by atoms with E-state index in [1.807, 2.05) is 24.3 Å². The van der Waals surface area contributed by atoms with Crippen LogP contribution >= 0.6 is 0 Å². The first-order valence-electron chi connectivity index (χ1n) is 8.33. The highest BCUT2D eigenvalue weighted by Crippen LogP contribution is 2.28. The van der Waals surface area contributed by atoms with Crippen molar-refractivity contribution in [1.82, 2.24) is 4.72 Å². The lowest BCUT2D eigenvalue weighted by atomic mass is 10.1. The van der Waals surface area contributed by atoms with Crippen LogP contribution in [0.1, 0.15) is 37.9 Å². The zero-order chi connectivity index (χ0) is 19.3. The summed E-state index contributed by atoms with van der Waals surface area (Å²) in [5.74, 6) is 0.0811. The van der Waals surface area contributed by atoms with Gasteiger partial charge in [0.15, 0.2) is 0 Å². The molecule has 6 nitrogen and oxygen atoms in total. The summed E-state index contributed by atoms with van der Waals surface area (Å²) in [5.41, 5.74) is 2.38. The van der Waals surface area contributed by atoms with Crippen LogP contribution in [-0.4, -0.2) is 21.4 Å². The molecular weight excluding hydrogens is 352 g/mol. The number of carbonyl (C=O) groups is 1. The van der Waals surface area contributed by atoms with E-state index in [-0.39, 0.29) is 10.8 Å². The number of hydrogen-bond donors (Lipinski definition) is 2. The van der Waals surface area contributed by atoms with Gasteiger partial charge in [0.25, 0.3) is 0 Å². The summed E-state index contributed by atoms with van der Waals surface area (Å²) in [4.78, 5) is 11.4. The van der Waals surface area contributed by atoms with Gasteiger partial charge in [-0.25, -0.2) is 13.1 Å². The number of sulfonamides is 1. The Labute approximate surface area is 154 Å². The van der Waals surface area contributed by atoms with Crippen molar-refractivity contribution < 1.29 is 17.9 Å². The van der Waals surface area contributed by atoms with Gasteiger partial charge in [-0.1, -0.05) is 31.2 Å². The van der Waals surface area contributed by atoms with Gasteiger partial charge in [0, 0.05) is 13.0 Å². The Morgan fingerprint density at radius 2 is 1.81 bits per heavy atom. The minimum atomic E-state index is -3.76. The van der Waals surface area contributed by atoms with Crippen molar-refractivity contribution in [3.63, 3.8) is 0 Å². The van der Waals surface area contributed by atoms with E-state index in [4.69, 9.17) is 4.74 Å². The Morgan fingerprint density at radius 1 is 1.15 bits per heavy atom. The van der Waals surface area contributed by atoms with Gasteiger partial charge >= 0.3 is 0 Å². The van der Waals surface area contributed by atoms with Crippen molar-refractivity contribution in [3.05, 3.63) is 53.6 Å². The topological polar surface area (TPSA) is 84.5 Å². The van der Waals surface area contributed by atoms with Crippen LogP contribution in [0.3, 0.4) is 0 Å². The molecule has 0 saturated carbocycles. The van der Waals surface area contributed by atoms with Gasteiger partial charge in [-0.2, -0.15) is 0 Å². The van der Waals surface area contributed by atoms with Crippen molar-refractivity contribution in [2.75, 3.05) is 12.4 Å². The number of amides is 1. The van der Waals surface area contributed by atoms with Gasteiger partial charge in [-0.3, -0.25) is 4.79 Å². The van der Waals surface area contributed by atoms with Crippen molar-refractivity contribution in [2.24, 2.45) is 0 Å². The molecular formula is C19H24N2O4S. The highest BCUT2D eigenvalue weighted by Gasteiger charge is 2.20. The lowest BCUT2D eigenvalue weighted by molar-refractivity contribution is -0.114. The molecule has 2 aromatic rings. The van der Waals surface area contributed by atoms with Crippen molar-refractivity contribution in [1.29, 1.82) is 0 Å². The van der Waals surface area contributed by atoms with E-state index >= 15 is 0 Å². The summed E-state index contributed by atoms with van der Waals surface area (Å²) < 4.78 is 33.2. The molecule has 7 heteroatoms. The van der Waals surface area contributed by atoms with E-state index in [1.165, 1.54) is 37.8 Å². The molecule has 2 aromatic carbocycles. The summed E-state index contributed by atoms with van der Waals surface area (Å²) >= 11 is 0. The predicted octanol–water partition coefficient (Wildman–Crippen LogP) is 3.26. The SMILES string of the molecule is CCc1ccc([C@H](C)NS(=O)(=O)c2ccc(OC)c(NC(C)=O)c2)cc1. The van der Waals surface area contributed by atoms with E-state index < -0.39 is 16.1 Å². The first-order valence-corrected chi connectivity index (χ1v) is 9.82. The minimum Gasteiger partial charge on any atom is -0.495 e. The second-order valence-electron chi connectivity index (χ2n) is 5.98. The van der Waals surface area contributed by atoms with E-state index in [0.29, 0.717) is 11.4 Å². The van der Waals surface area contributed by atoms with E-state index in [1.54, 1.807) is 6.92 Å². The Hall–Kier alpha value is -2.38. The molecule has 140 valence electrons. The summed E-state index contributed by atoms with van der Waals surface area (Å²) in [6.07, 6.45) is 0.929. The molecule has 1 atom stereocenters. The summed E-state index contributed by atoms with van der Waals surface area (Å²) in [6, 6.07) is 11.8. The van der Waals surface area contributed by atoms with Gasteiger partial charge in [-0.05, 0) is 42.7 Å². The first-order chi connectivity index (χ1) is 12.3. The third-order valence-electron chi connectivity index (χ3n) is 4.01. The lowest BCUT2D eigenvalue weighted by Gasteiger charge is -2.16. The Balaban J connectivity index is 2.26. The van der Waals surface area contributed by atoms with Crippen LogP contribution in [0.5, 0.6) is 5.75 Å². The number of rotatable bonds is 7. The molecule has 0 saturated heterocycles. The average molecular weight is 376 g/mol. The number of hydrogen-bond acceptors (Lipinski definition) is 4. The third-order valence-corrected chi connectivity index (χ3v) is 5.55. The van der Waals surface area contributed by atoms with Gasteiger partial charge in [0.1, 0.15) is 5.75 Å². The summed E-state index contributed by atoms with van der Waals surface area (Å²) in [5, 5.41) is 2.58. The Kier molecular flexibility index (Phi) is 6.39. The number of anilines is 1. The molecule has 0 heterocycles. The smallest absolute Gasteiger partial charge is 0.241 e. The molecule has 2 rings (SSSR count). The summed E-state index contributed by atoms with van der Waals surface area (Å²) in [7, 11) is -2.31. The highest BCUT2D eigenvalue weighted by atomic mass is 32.2. The van der Waals surface area contributed by atoms with Crippen LogP contribution in [0.15, 0.2) is 47.4 Å². The van der Waals surface area contributed by atoms with Gasteiger partial charge in [0.05, 0.1) is 17.7 Å². The van der Waals surface area contributed by atoms with Gasteiger partial charge in [-0.15, -0.1) is 0 Å². The zero-order valence-electron chi connectivity index (χ0n) is 15.4. The molecule has 0 fully saturated rings. The Morgan fingerprint density at radius 3 is 2.35 bits per heavy atom. The number of benzene rings is 2. The van der Waals surface area contributed by atoms with Crippen LogP contribution in [0, 0.1) is 0 Å². The fourth-order valence-electron chi connectivity index (χ4n) is 2.55. The molecule has 0 aliphatic heterocycles. The molecule has 2 N–H and O–H groups in total. The maximum atomic E-state index is 12.7. The molecule has 0 aliphatic rings. The number of methoxy groups -OCH3 is 1. The monoisotopic (exact) mass is 376 g/mol. The highest BCUT2D eigenvalue weighted by molar-refractivity contribution is 7.89. The quantitative estimate of drug-likeness (QED) is 0.777. The minimum absolute atomic E-state index is 0.0547. The standard InChI is InChI=1S/C19H24N2O4S/c1-5-15-6-8-16(9-7-15)13(2)21-26(23,24)17-10-11-19(25-4)18(12-17)20-14(3)22/h6-13,21H,5H2,1-4H3,(H,20,22)/t13-/m0/s1. The molecule has 0 radical (unpaired) electrons. The molecule has 26 heavy (non-hydrogen) atoms. The number of nitrogens with one attached hydrogen (secondary N) is 2. The van der Waals surface area contributed by atoms with Gasteiger partial charge in [0.2, 0.25) is 15.9 Å². The maximum Gasteiger partial charge on any atom is 0.241 e. The third kappa shape index (κ3) is 4.83. The molecule has 0 spiro atoms. The number of ether oxygens (including phenoxy) is 1. The summed E-state index contributed by atoms with van der Waals surface area (Å²) in [6.45, 7) is 5.20.